The van der Waals surface area contributed by atoms with Crippen LogP contribution in [-0.4, -0.2) is 43.5 Å². The molecule has 3 aromatic rings. The van der Waals surface area contributed by atoms with Gasteiger partial charge in [0.25, 0.3) is 0 Å². The maximum absolute atomic E-state index is 12.5. The lowest BCUT2D eigenvalue weighted by atomic mass is 10.1. The Hall–Kier alpha value is -3.81. The average Bonchev–Trinajstić information content (AvgIpc) is 3.13. The highest BCUT2D eigenvalue weighted by Gasteiger charge is 2.12. The summed E-state index contributed by atoms with van der Waals surface area (Å²) in [4.78, 5) is 14.8. The van der Waals surface area contributed by atoms with Crippen molar-refractivity contribution in [2.75, 3.05) is 42.8 Å². The number of methoxy groups -OCH3 is 2. The SMILES string of the molecule is COc1cc(NC(=O)Nc2cccc(-c3ccc(N4CCCCCC4)nn3)c2)cc(OC)c1. The summed E-state index contributed by atoms with van der Waals surface area (Å²) in [5.41, 5.74) is 2.86. The summed E-state index contributed by atoms with van der Waals surface area (Å²) < 4.78 is 10.5. The quantitative estimate of drug-likeness (QED) is 0.541. The zero-order valence-electron chi connectivity index (χ0n) is 19.0. The molecule has 0 radical (unpaired) electrons. The van der Waals surface area contributed by atoms with Crippen molar-refractivity contribution in [1.29, 1.82) is 0 Å². The third-order valence-corrected chi connectivity index (χ3v) is 5.61. The van der Waals surface area contributed by atoms with Gasteiger partial charge in [-0.25, -0.2) is 4.79 Å². The molecular formula is C25H29N5O3. The van der Waals surface area contributed by atoms with Crippen molar-refractivity contribution in [2.45, 2.75) is 25.7 Å². The fourth-order valence-corrected chi connectivity index (χ4v) is 3.88. The maximum Gasteiger partial charge on any atom is 0.323 e. The minimum atomic E-state index is -0.370. The minimum Gasteiger partial charge on any atom is -0.497 e. The number of hydrogen-bond donors (Lipinski definition) is 2. The highest BCUT2D eigenvalue weighted by Crippen LogP contribution is 2.26. The Kier molecular flexibility index (Phi) is 7.24. The second-order valence-electron chi connectivity index (χ2n) is 7.94. The Morgan fingerprint density at radius 3 is 2.15 bits per heavy atom. The molecule has 0 unspecified atom stereocenters. The molecule has 8 heteroatoms. The van der Waals surface area contributed by atoms with E-state index in [9.17, 15) is 4.79 Å². The van der Waals surface area contributed by atoms with Gasteiger partial charge >= 0.3 is 6.03 Å². The maximum atomic E-state index is 12.5. The first-order valence-electron chi connectivity index (χ1n) is 11.1. The molecule has 172 valence electrons. The van der Waals surface area contributed by atoms with Crippen molar-refractivity contribution in [3.8, 4) is 22.8 Å². The van der Waals surface area contributed by atoms with Gasteiger partial charge in [-0.3, -0.25) is 0 Å². The molecule has 0 aliphatic carbocycles. The van der Waals surface area contributed by atoms with Gasteiger partial charge in [-0.05, 0) is 37.1 Å². The predicted molar refractivity (Wildman–Crippen MR) is 130 cm³/mol. The second-order valence-corrected chi connectivity index (χ2v) is 7.94. The van der Waals surface area contributed by atoms with E-state index >= 15 is 0 Å². The summed E-state index contributed by atoms with van der Waals surface area (Å²) >= 11 is 0. The number of ether oxygens (including phenoxy) is 2. The van der Waals surface area contributed by atoms with Gasteiger partial charge < -0.3 is 25.0 Å². The van der Waals surface area contributed by atoms with E-state index in [1.165, 1.54) is 25.7 Å². The smallest absolute Gasteiger partial charge is 0.323 e. The number of amides is 2. The number of carbonyl (C=O) groups excluding carboxylic acids is 1. The first kappa shape index (κ1) is 22.4. The zero-order chi connectivity index (χ0) is 23.0. The van der Waals surface area contributed by atoms with Gasteiger partial charge in [0.05, 0.1) is 19.9 Å². The van der Waals surface area contributed by atoms with Crippen molar-refractivity contribution in [1.82, 2.24) is 10.2 Å². The molecule has 1 aliphatic rings. The number of aromatic nitrogens is 2. The summed E-state index contributed by atoms with van der Waals surface area (Å²) in [6.45, 7) is 2.06. The number of hydrogen-bond acceptors (Lipinski definition) is 6. The van der Waals surface area contributed by atoms with Gasteiger partial charge in [0, 0.05) is 48.2 Å². The van der Waals surface area contributed by atoms with Crippen molar-refractivity contribution >= 4 is 23.2 Å². The third kappa shape index (κ3) is 5.91. The number of carbonyl (C=O) groups is 1. The van der Waals surface area contributed by atoms with Crippen LogP contribution in [0.5, 0.6) is 11.5 Å². The van der Waals surface area contributed by atoms with Crippen LogP contribution >= 0.6 is 0 Å². The second kappa shape index (κ2) is 10.7. The van der Waals surface area contributed by atoms with Crippen LogP contribution in [0, 0.1) is 0 Å². The lowest BCUT2D eigenvalue weighted by Gasteiger charge is -2.20. The number of rotatable bonds is 6. The molecule has 0 bridgehead atoms. The monoisotopic (exact) mass is 447 g/mol. The molecule has 0 spiro atoms. The largest absolute Gasteiger partial charge is 0.497 e. The molecule has 8 nitrogen and oxygen atoms in total. The Morgan fingerprint density at radius 2 is 1.52 bits per heavy atom. The molecule has 2 amide bonds. The summed E-state index contributed by atoms with van der Waals surface area (Å²) in [6, 6.07) is 16.4. The molecule has 2 aromatic carbocycles. The number of nitrogens with zero attached hydrogens (tertiary/aromatic N) is 3. The van der Waals surface area contributed by atoms with Gasteiger partial charge in [-0.2, -0.15) is 0 Å². The number of urea groups is 1. The van der Waals surface area contributed by atoms with Crippen LogP contribution < -0.4 is 25.0 Å². The first-order valence-corrected chi connectivity index (χ1v) is 11.1. The molecular weight excluding hydrogens is 418 g/mol. The molecule has 0 saturated carbocycles. The van der Waals surface area contributed by atoms with E-state index < -0.39 is 0 Å². The van der Waals surface area contributed by atoms with Gasteiger partial charge in [-0.15, -0.1) is 10.2 Å². The van der Waals surface area contributed by atoms with Crippen LogP contribution in [0.1, 0.15) is 25.7 Å². The molecule has 33 heavy (non-hydrogen) atoms. The average molecular weight is 448 g/mol. The Labute approximate surface area is 193 Å². The van der Waals surface area contributed by atoms with E-state index in [-0.39, 0.29) is 6.03 Å². The molecule has 1 saturated heterocycles. The van der Waals surface area contributed by atoms with Gasteiger partial charge in [0.15, 0.2) is 5.82 Å². The normalized spacial score (nSPS) is 13.7. The van der Waals surface area contributed by atoms with Crippen LogP contribution in [0.15, 0.2) is 54.6 Å². The predicted octanol–water partition coefficient (Wildman–Crippen LogP) is 5.19. The van der Waals surface area contributed by atoms with Crippen molar-refractivity contribution in [2.24, 2.45) is 0 Å². The Bertz CT molecular complexity index is 1060. The minimum absolute atomic E-state index is 0.370. The van der Waals surface area contributed by atoms with Crippen molar-refractivity contribution in [3.63, 3.8) is 0 Å². The standard InChI is InChI=1S/C25H29N5O3/c1-32-21-15-20(16-22(17-21)33-2)27-25(31)26-19-9-7-8-18(14-19)23-10-11-24(29-28-23)30-12-5-3-4-6-13-30/h7-11,14-17H,3-6,12-13H2,1-2H3,(H2,26,27,31). The molecule has 2 heterocycles. The summed E-state index contributed by atoms with van der Waals surface area (Å²) in [5.74, 6) is 2.10. The van der Waals surface area contributed by atoms with Crippen molar-refractivity contribution in [3.05, 3.63) is 54.6 Å². The molecule has 1 aromatic heterocycles. The topological polar surface area (TPSA) is 88.6 Å². The Balaban J connectivity index is 1.43. The first-order chi connectivity index (χ1) is 16.1. The lowest BCUT2D eigenvalue weighted by molar-refractivity contribution is 0.262. The highest BCUT2D eigenvalue weighted by molar-refractivity contribution is 6.00. The van der Waals surface area contributed by atoms with Crippen molar-refractivity contribution < 1.29 is 14.3 Å². The summed E-state index contributed by atoms with van der Waals surface area (Å²) in [5, 5.41) is 14.5. The van der Waals surface area contributed by atoms with Gasteiger partial charge in [0.1, 0.15) is 11.5 Å². The molecule has 0 atom stereocenters. The van der Waals surface area contributed by atoms with E-state index in [4.69, 9.17) is 9.47 Å². The fraction of sp³-hybridized carbons (Fsp3) is 0.320. The molecule has 1 fully saturated rings. The van der Waals surface area contributed by atoms with Crippen LogP contribution in [0.25, 0.3) is 11.3 Å². The van der Waals surface area contributed by atoms with Crippen LogP contribution in [-0.2, 0) is 0 Å². The zero-order valence-corrected chi connectivity index (χ0v) is 19.0. The van der Waals surface area contributed by atoms with Gasteiger partial charge in [0.2, 0.25) is 0 Å². The fourth-order valence-electron chi connectivity index (χ4n) is 3.88. The molecule has 1 aliphatic heterocycles. The van der Waals surface area contributed by atoms with Crippen LogP contribution in [0.4, 0.5) is 22.0 Å². The van der Waals surface area contributed by atoms with E-state index in [0.29, 0.717) is 22.9 Å². The van der Waals surface area contributed by atoms with Crippen LogP contribution in [0.3, 0.4) is 0 Å². The molecule has 4 rings (SSSR count). The van der Waals surface area contributed by atoms with E-state index in [1.54, 1.807) is 32.4 Å². The lowest BCUT2D eigenvalue weighted by Crippen LogP contribution is -2.25. The number of anilines is 3. The molecule has 2 N–H and O–H groups in total. The van der Waals surface area contributed by atoms with Crippen LogP contribution in [0.2, 0.25) is 0 Å². The van der Waals surface area contributed by atoms with Gasteiger partial charge in [-0.1, -0.05) is 25.0 Å². The van der Waals surface area contributed by atoms with E-state index in [0.717, 1.165) is 30.2 Å². The van der Waals surface area contributed by atoms with E-state index in [2.05, 4.69) is 25.7 Å². The number of benzene rings is 2. The summed E-state index contributed by atoms with van der Waals surface area (Å²) in [7, 11) is 3.13. The third-order valence-electron chi connectivity index (χ3n) is 5.61. The highest BCUT2D eigenvalue weighted by atomic mass is 16.5. The Morgan fingerprint density at radius 1 is 0.818 bits per heavy atom. The number of nitrogens with one attached hydrogen (secondary N) is 2. The summed E-state index contributed by atoms with van der Waals surface area (Å²) in [6.07, 6.45) is 4.95. The van der Waals surface area contributed by atoms with E-state index in [1.807, 2.05) is 36.4 Å².